The van der Waals surface area contributed by atoms with Crippen LogP contribution in [0, 0.1) is 0 Å². The number of ether oxygens (including phenoxy) is 1. The minimum atomic E-state index is -0.375. The molecule has 3 aromatic rings. The fourth-order valence-corrected chi connectivity index (χ4v) is 2.31. The number of rotatable bonds is 3. The average Bonchev–Trinajstić information content (AvgIpc) is 2.84. The second-order valence-corrected chi connectivity index (χ2v) is 5.38. The molecular formula is C16H10Cl2O3. The standard InChI is InChI=1S/C16H10Cl2O3/c17-11-1-4-13(5-2-11)21-16(19)7-10-9-20-15-6-3-12(18)8-14(10)15/h1-6,8-9H,7H2. The van der Waals surface area contributed by atoms with E-state index in [1.165, 1.54) is 0 Å². The molecule has 0 amide bonds. The monoisotopic (exact) mass is 320 g/mol. The molecule has 3 nitrogen and oxygen atoms in total. The van der Waals surface area contributed by atoms with Crippen molar-refractivity contribution in [1.82, 2.24) is 0 Å². The summed E-state index contributed by atoms with van der Waals surface area (Å²) in [4.78, 5) is 12.0. The Balaban J connectivity index is 1.77. The van der Waals surface area contributed by atoms with Crippen LogP contribution >= 0.6 is 23.2 Å². The largest absolute Gasteiger partial charge is 0.464 e. The third-order valence-corrected chi connectivity index (χ3v) is 3.48. The van der Waals surface area contributed by atoms with Gasteiger partial charge in [-0.25, -0.2) is 0 Å². The van der Waals surface area contributed by atoms with E-state index in [1.54, 1.807) is 48.7 Å². The Hall–Kier alpha value is -1.97. The van der Waals surface area contributed by atoms with Gasteiger partial charge in [0.25, 0.3) is 0 Å². The molecule has 0 atom stereocenters. The quantitative estimate of drug-likeness (QED) is 0.509. The molecule has 5 heteroatoms. The van der Waals surface area contributed by atoms with Crippen molar-refractivity contribution < 1.29 is 13.9 Å². The number of carbonyl (C=O) groups excluding carboxylic acids is 1. The number of fused-ring (bicyclic) bond motifs is 1. The Morgan fingerprint density at radius 3 is 2.52 bits per heavy atom. The Labute approximate surface area is 131 Å². The lowest BCUT2D eigenvalue weighted by Gasteiger charge is -2.03. The van der Waals surface area contributed by atoms with Gasteiger partial charge in [-0.05, 0) is 42.5 Å². The van der Waals surface area contributed by atoms with Gasteiger partial charge in [-0.15, -0.1) is 0 Å². The van der Waals surface area contributed by atoms with Gasteiger partial charge in [-0.3, -0.25) is 4.79 Å². The highest BCUT2D eigenvalue weighted by Crippen LogP contribution is 2.25. The third-order valence-electron chi connectivity index (χ3n) is 3.00. The van der Waals surface area contributed by atoms with E-state index in [0.717, 1.165) is 10.9 Å². The zero-order valence-electron chi connectivity index (χ0n) is 10.8. The van der Waals surface area contributed by atoms with Crippen molar-refractivity contribution in [1.29, 1.82) is 0 Å². The zero-order chi connectivity index (χ0) is 14.8. The van der Waals surface area contributed by atoms with Crippen LogP contribution in [0.5, 0.6) is 5.75 Å². The second kappa shape index (κ2) is 5.80. The first kappa shape index (κ1) is 14.0. The summed E-state index contributed by atoms with van der Waals surface area (Å²) >= 11 is 11.7. The lowest BCUT2D eigenvalue weighted by molar-refractivity contribution is -0.133. The molecule has 0 aliphatic carbocycles. The van der Waals surface area contributed by atoms with Crippen molar-refractivity contribution in [2.45, 2.75) is 6.42 Å². The Kier molecular flexibility index (Phi) is 3.86. The van der Waals surface area contributed by atoms with E-state index in [9.17, 15) is 4.79 Å². The molecule has 1 heterocycles. The molecule has 0 bridgehead atoms. The highest BCUT2D eigenvalue weighted by molar-refractivity contribution is 6.31. The van der Waals surface area contributed by atoms with E-state index in [-0.39, 0.29) is 12.4 Å². The van der Waals surface area contributed by atoms with E-state index < -0.39 is 0 Å². The molecule has 0 aliphatic rings. The first-order valence-electron chi connectivity index (χ1n) is 6.24. The molecule has 0 fully saturated rings. The van der Waals surface area contributed by atoms with Crippen LogP contribution in [0.1, 0.15) is 5.56 Å². The van der Waals surface area contributed by atoms with Crippen LogP contribution in [0.3, 0.4) is 0 Å². The summed E-state index contributed by atoms with van der Waals surface area (Å²) in [7, 11) is 0. The Morgan fingerprint density at radius 1 is 1.05 bits per heavy atom. The van der Waals surface area contributed by atoms with Gasteiger partial charge >= 0.3 is 5.97 Å². The fraction of sp³-hybridized carbons (Fsp3) is 0.0625. The van der Waals surface area contributed by atoms with Crippen LogP contribution in [-0.4, -0.2) is 5.97 Å². The predicted octanol–water partition coefficient (Wildman–Crippen LogP) is 4.89. The highest BCUT2D eigenvalue weighted by atomic mass is 35.5. The minimum Gasteiger partial charge on any atom is -0.464 e. The summed E-state index contributed by atoms with van der Waals surface area (Å²) in [5.41, 5.74) is 1.43. The fourth-order valence-electron chi connectivity index (χ4n) is 2.02. The van der Waals surface area contributed by atoms with Gasteiger partial charge in [0.2, 0.25) is 0 Å². The first-order chi connectivity index (χ1) is 10.1. The number of furan rings is 1. The van der Waals surface area contributed by atoms with E-state index in [0.29, 0.717) is 21.4 Å². The summed E-state index contributed by atoms with van der Waals surface area (Å²) in [6.07, 6.45) is 1.65. The molecule has 2 aromatic carbocycles. The highest BCUT2D eigenvalue weighted by Gasteiger charge is 2.12. The second-order valence-electron chi connectivity index (χ2n) is 4.51. The molecule has 0 aliphatic heterocycles. The molecule has 0 saturated heterocycles. The van der Waals surface area contributed by atoms with Gasteiger partial charge in [-0.1, -0.05) is 23.2 Å². The summed E-state index contributed by atoms with van der Waals surface area (Å²) < 4.78 is 10.6. The van der Waals surface area contributed by atoms with E-state index in [1.807, 2.05) is 0 Å². The van der Waals surface area contributed by atoms with Crippen LogP contribution in [0.2, 0.25) is 10.0 Å². The van der Waals surface area contributed by atoms with Gasteiger partial charge in [0, 0.05) is 21.0 Å². The smallest absolute Gasteiger partial charge is 0.315 e. The first-order valence-corrected chi connectivity index (χ1v) is 6.99. The maximum Gasteiger partial charge on any atom is 0.315 e. The van der Waals surface area contributed by atoms with Crippen molar-refractivity contribution >= 4 is 40.1 Å². The van der Waals surface area contributed by atoms with Gasteiger partial charge in [0.05, 0.1) is 12.7 Å². The number of benzene rings is 2. The van der Waals surface area contributed by atoms with E-state index >= 15 is 0 Å². The number of esters is 1. The molecule has 0 unspecified atom stereocenters. The van der Waals surface area contributed by atoms with Crippen LogP contribution in [0.25, 0.3) is 11.0 Å². The number of hydrogen-bond acceptors (Lipinski definition) is 3. The maximum absolute atomic E-state index is 12.0. The minimum absolute atomic E-state index is 0.107. The van der Waals surface area contributed by atoms with Gasteiger partial charge in [0.1, 0.15) is 11.3 Å². The van der Waals surface area contributed by atoms with Gasteiger partial charge in [-0.2, -0.15) is 0 Å². The van der Waals surface area contributed by atoms with E-state index in [2.05, 4.69) is 0 Å². The molecule has 3 rings (SSSR count). The SMILES string of the molecule is O=C(Cc1coc2ccc(Cl)cc12)Oc1ccc(Cl)cc1. The molecule has 1 aromatic heterocycles. The molecule has 0 radical (unpaired) electrons. The summed E-state index contributed by atoms with van der Waals surface area (Å²) in [5, 5.41) is 2.00. The third kappa shape index (κ3) is 3.20. The normalized spacial score (nSPS) is 10.8. The van der Waals surface area contributed by atoms with Crippen molar-refractivity contribution in [2.75, 3.05) is 0 Å². The van der Waals surface area contributed by atoms with Crippen LogP contribution in [-0.2, 0) is 11.2 Å². The molecular weight excluding hydrogens is 311 g/mol. The number of halogens is 2. The van der Waals surface area contributed by atoms with E-state index in [4.69, 9.17) is 32.4 Å². The van der Waals surface area contributed by atoms with Crippen LogP contribution in [0.15, 0.2) is 53.1 Å². The Bertz CT molecular complexity index is 791. The van der Waals surface area contributed by atoms with Crippen molar-refractivity contribution in [2.24, 2.45) is 0 Å². The summed E-state index contributed by atoms with van der Waals surface area (Å²) in [6.45, 7) is 0. The van der Waals surface area contributed by atoms with Crippen molar-refractivity contribution in [3.63, 3.8) is 0 Å². The Morgan fingerprint density at radius 2 is 1.76 bits per heavy atom. The lowest BCUT2D eigenvalue weighted by Crippen LogP contribution is -2.10. The maximum atomic E-state index is 12.0. The average molecular weight is 321 g/mol. The van der Waals surface area contributed by atoms with Crippen molar-refractivity contribution in [3.8, 4) is 5.75 Å². The van der Waals surface area contributed by atoms with Gasteiger partial charge < -0.3 is 9.15 Å². The molecule has 0 spiro atoms. The van der Waals surface area contributed by atoms with Crippen LogP contribution < -0.4 is 4.74 Å². The topological polar surface area (TPSA) is 39.4 Å². The molecule has 0 N–H and O–H groups in total. The van der Waals surface area contributed by atoms with Crippen molar-refractivity contribution in [3.05, 3.63) is 64.3 Å². The van der Waals surface area contributed by atoms with Gasteiger partial charge in [0.15, 0.2) is 0 Å². The number of hydrogen-bond donors (Lipinski definition) is 0. The summed E-state index contributed by atoms with van der Waals surface area (Å²) in [6, 6.07) is 11.9. The number of carbonyl (C=O) groups is 1. The zero-order valence-corrected chi connectivity index (χ0v) is 12.3. The van der Waals surface area contributed by atoms with Crippen LogP contribution in [0.4, 0.5) is 0 Å². The predicted molar refractivity (Wildman–Crippen MR) is 82.0 cm³/mol. The lowest BCUT2D eigenvalue weighted by atomic mass is 10.1. The molecule has 0 saturated carbocycles. The molecule has 106 valence electrons. The molecule has 21 heavy (non-hydrogen) atoms. The summed E-state index contributed by atoms with van der Waals surface area (Å²) in [5.74, 6) is 0.0789.